The summed E-state index contributed by atoms with van der Waals surface area (Å²) in [5.41, 5.74) is 6.73. The maximum atomic E-state index is 6.18. The van der Waals surface area contributed by atoms with Crippen LogP contribution in [0.5, 0.6) is 0 Å². The topological polar surface area (TPSA) is 29.3 Å². The van der Waals surface area contributed by atoms with Crippen molar-refractivity contribution in [2.24, 2.45) is 16.6 Å². The summed E-state index contributed by atoms with van der Waals surface area (Å²) in [4.78, 5) is 2.42. The van der Waals surface area contributed by atoms with Crippen LogP contribution in [0.3, 0.4) is 0 Å². The van der Waals surface area contributed by atoms with E-state index in [4.69, 9.17) is 5.73 Å². The first-order valence-corrected chi connectivity index (χ1v) is 6.42. The van der Waals surface area contributed by atoms with Gasteiger partial charge in [0, 0.05) is 12.1 Å². The number of nitrogens with two attached hydrogens (primary N) is 1. The van der Waals surface area contributed by atoms with Crippen LogP contribution in [0, 0.1) is 10.8 Å². The molecule has 0 bridgehead atoms. The van der Waals surface area contributed by atoms with Gasteiger partial charge in [0.1, 0.15) is 0 Å². The van der Waals surface area contributed by atoms with Crippen LogP contribution in [0.25, 0.3) is 0 Å². The Morgan fingerprint density at radius 1 is 1.00 bits per heavy atom. The predicted molar refractivity (Wildman–Crippen MR) is 73.6 cm³/mol. The Morgan fingerprint density at radius 2 is 1.44 bits per heavy atom. The van der Waals surface area contributed by atoms with Crippen molar-refractivity contribution >= 4 is 0 Å². The van der Waals surface area contributed by atoms with Crippen molar-refractivity contribution in [3.05, 3.63) is 0 Å². The lowest BCUT2D eigenvalue weighted by Crippen LogP contribution is -2.43. The molecule has 2 nitrogen and oxygen atoms in total. The average Bonchev–Trinajstić information content (AvgIpc) is 2.09. The molecule has 98 valence electrons. The molecule has 0 aliphatic heterocycles. The van der Waals surface area contributed by atoms with E-state index in [-0.39, 0.29) is 11.5 Å². The first-order chi connectivity index (χ1) is 6.96. The Balaban J connectivity index is 4.13. The molecule has 0 fully saturated rings. The Morgan fingerprint density at radius 3 is 1.75 bits per heavy atom. The third-order valence-corrected chi connectivity index (χ3v) is 3.82. The summed E-state index contributed by atoms with van der Waals surface area (Å²) in [5, 5.41) is 0. The van der Waals surface area contributed by atoms with E-state index in [1.807, 2.05) is 0 Å². The summed E-state index contributed by atoms with van der Waals surface area (Å²) in [5.74, 6) is 0. The van der Waals surface area contributed by atoms with Crippen LogP contribution in [0.4, 0.5) is 0 Å². The molecule has 16 heavy (non-hydrogen) atoms. The molecule has 0 rings (SSSR count). The Hall–Kier alpha value is -0.0800. The van der Waals surface area contributed by atoms with Crippen molar-refractivity contribution in [1.29, 1.82) is 0 Å². The highest BCUT2D eigenvalue weighted by atomic mass is 15.1. The Kier molecular flexibility index (Phi) is 5.48. The van der Waals surface area contributed by atoms with Gasteiger partial charge < -0.3 is 10.6 Å². The highest BCUT2D eigenvalue weighted by Crippen LogP contribution is 2.24. The van der Waals surface area contributed by atoms with Crippen LogP contribution >= 0.6 is 0 Å². The molecule has 2 N–H and O–H groups in total. The molecule has 0 saturated heterocycles. The average molecular weight is 228 g/mol. The lowest BCUT2D eigenvalue weighted by Gasteiger charge is -2.37. The lowest BCUT2D eigenvalue weighted by atomic mass is 9.84. The zero-order valence-corrected chi connectivity index (χ0v) is 12.6. The molecule has 0 amide bonds. The van der Waals surface area contributed by atoms with Gasteiger partial charge in [-0.3, -0.25) is 0 Å². The van der Waals surface area contributed by atoms with E-state index in [2.05, 4.69) is 60.4 Å². The monoisotopic (exact) mass is 228 g/mol. The van der Waals surface area contributed by atoms with Gasteiger partial charge in [-0.2, -0.15) is 0 Å². The van der Waals surface area contributed by atoms with Gasteiger partial charge in [-0.15, -0.1) is 0 Å². The summed E-state index contributed by atoms with van der Waals surface area (Å²) in [6.07, 6.45) is 1.07. The van der Waals surface area contributed by atoms with Crippen molar-refractivity contribution in [2.45, 2.75) is 67.0 Å². The SMILES string of the molecule is CC(N(C)CCC(N)C(C)(C)C)C(C)(C)C. The molecule has 2 unspecified atom stereocenters. The van der Waals surface area contributed by atoms with Crippen molar-refractivity contribution < 1.29 is 0 Å². The van der Waals surface area contributed by atoms with E-state index < -0.39 is 0 Å². The number of nitrogens with zero attached hydrogens (tertiary/aromatic N) is 1. The standard InChI is InChI=1S/C14H32N2/c1-11(13(2,3)4)16(8)10-9-12(15)14(5,6)7/h11-12H,9-10,15H2,1-8H3. The molecule has 0 aromatic heterocycles. The van der Waals surface area contributed by atoms with E-state index >= 15 is 0 Å². The zero-order chi connectivity index (χ0) is 13.1. The summed E-state index contributed by atoms with van der Waals surface area (Å²) in [7, 11) is 2.20. The molecule has 0 aromatic carbocycles. The van der Waals surface area contributed by atoms with Gasteiger partial charge in [-0.05, 0) is 37.8 Å². The first-order valence-electron chi connectivity index (χ1n) is 6.42. The van der Waals surface area contributed by atoms with E-state index in [9.17, 15) is 0 Å². The fourth-order valence-corrected chi connectivity index (χ4v) is 1.63. The van der Waals surface area contributed by atoms with Gasteiger partial charge in [-0.25, -0.2) is 0 Å². The van der Waals surface area contributed by atoms with Crippen LogP contribution in [-0.4, -0.2) is 30.6 Å². The molecule has 2 heteroatoms. The van der Waals surface area contributed by atoms with Crippen molar-refractivity contribution in [1.82, 2.24) is 4.90 Å². The molecule has 0 spiro atoms. The zero-order valence-electron chi connectivity index (χ0n) is 12.6. The third-order valence-electron chi connectivity index (χ3n) is 3.82. The molecule has 0 radical (unpaired) electrons. The minimum absolute atomic E-state index is 0.214. The first kappa shape index (κ1) is 15.9. The van der Waals surface area contributed by atoms with Crippen LogP contribution in [0.1, 0.15) is 54.9 Å². The Labute approximate surface area is 103 Å². The minimum Gasteiger partial charge on any atom is -0.327 e. The van der Waals surface area contributed by atoms with Crippen molar-refractivity contribution in [2.75, 3.05) is 13.6 Å². The summed E-state index contributed by atoms with van der Waals surface area (Å²) in [6, 6.07) is 0.863. The second-order valence-electron chi connectivity index (χ2n) is 7.28. The van der Waals surface area contributed by atoms with Crippen LogP contribution in [0.2, 0.25) is 0 Å². The number of hydrogen-bond donors (Lipinski definition) is 1. The molecular weight excluding hydrogens is 196 g/mol. The highest BCUT2D eigenvalue weighted by Gasteiger charge is 2.25. The van der Waals surface area contributed by atoms with Gasteiger partial charge in [0.2, 0.25) is 0 Å². The quantitative estimate of drug-likeness (QED) is 0.801. The summed E-state index contributed by atoms with van der Waals surface area (Å²) < 4.78 is 0. The second kappa shape index (κ2) is 5.50. The maximum absolute atomic E-state index is 6.18. The summed E-state index contributed by atoms with van der Waals surface area (Å²) in [6.45, 7) is 16.9. The number of rotatable bonds is 4. The smallest absolute Gasteiger partial charge is 0.0112 e. The normalized spacial score (nSPS) is 17.6. The largest absolute Gasteiger partial charge is 0.327 e. The molecule has 0 heterocycles. The maximum Gasteiger partial charge on any atom is 0.0112 e. The molecule has 0 aliphatic rings. The molecule has 0 saturated carbocycles. The fourth-order valence-electron chi connectivity index (χ4n) is 1.63. The molecule has 0 aliphatic carbocycles. The third kappa shape index (κ3) is 5.31. The van der Waals surface area contributed by atoms with Crippen molar-refractivity contribution in [3.63, 3.8) is 0 Å². The predicted octanol–water partition coefficient (Wildman–Crippen LogP) is 3.12. The van der Waals surface area contributed by atoms with E-state index in [1.165, 1.54) is 0 Å². The van der Waals surface area contributed by atoms with E-state index in [0.717, 1.165) is 13.0 Å². The Bertz CT molecular complexity index is 198. The van der Waals surface area contributed by atoms with Crippen LogP contribution in [0.15, 0.2) is 0 Å². The fraction of sp³-hybridized carbons (Fsp3) is 1.00. The van der Waals surface area contributed by atoms with Crippen LogP contribution in [-0.2, 0) is 0 Å². The van der Waals surface area contributed by atoms with Crippen LogP contribution < -0.4 is 5.73 Å². The van der Waals surface area contributed by atoms with Crippen molar-refractivity contribution in [3.8, 4) is 0 Å². The molecule has 0 aromatic rings. The summed E-state index contributed by atoms with van der Waals surface area (Å²) >= 11 is 0. The number of hydrogen-bond acceptors (Lipinski definition) is 2. The van der Waals surface area contributed by atoms with E-state index in [0.29, 0.717) is 11.5 Å². The van der Waals surface area contributed by atoms with Gasteiger partial charge in [0.05, 0.1) is 0 Å². The van der Waals surface area contributed by atoms with Gasteiger partial charge in [0.15, 0.2) is 0 Å². The minimum atomic E-state index is 0.214. The highest BCUT2D eigenvalue weighted by molar-refractivity contribution is 4.81. The second-order valence-corrected chi connectivity index (χ2v) is 7.28. The van der Waals surface area contributed by atoms with Gasteiger partial charge >= 0.3 is 0 Å². The lowest BCUT2D eigenvalue weighted by molar-refractivity contribution is 0.130. The van der Waals surface area contributed by atoms with E-state index in [1.54, 1.807) is 0 Å². The van der Waals surface area contributed by atoms with Gasteiger partial charge in [0.25, 0.3) is 0 Å². The van der Waals surface area contributed by atoms with Gasteiger partial charge in [-0.1, -0.05) is 41.5 Å². The molecular formula is C14H32N2. The molecule has 2 atom stereocenters.